The Morgan fingerprint density at radius 1 is 1.41 bits per heavy atom. The molecule has 0 amide bonds. The van der Waals surface area contributed by atoms with E-state index in [1.54, 1.807) is 13.0 Å². The Kier molecular flexibility index (Phi) is 4.74. The summed E-state index contributed by atoms with van der Waals surface area (Å²) in [4.78, 5) is 0. The van der Waals surface area contributed by atoms with Gasteiger partial charge in [-0.15, -0.1) is 5.73 Å². The minimum Gasteiger partial charge on any atom is -0.357 e. The molecule has 2 heteroatoms. The van der Waals surface area contributed by atoms with Gasteiger partial charge < -0.3 is 5.32 Å². The minimum atomic E-state index is -0.257. The number of hydrogen-bond acceptors (Lipinski definition) is 1. The summed E-state index contributed by atoms with van der Waals surface area (Å²) < 4.78 is 13.5. The van der Waals surface area contributed by atoms with Gasteiger partial charge in [-0.3, -0.25) is 0 Å². The summed E-state index contributed by atoms with van der Waals surface area (Å²) in [6.07, 6.45) is 1.75. The second-order valence-corrected chi connectivity index (χ2v) is 4.18. The average molecular weight is 231 g/mol. The highest BCUT2D eigenvalue weighted by atomic mass is 19.1. The first-order valence-corrected chi connectivity index (χ1v) is 5.59. The van der Waals surface area contributed by atoms with E-state index in [1.807, 2.05) is 13.0 Å². The number of halogens is 1. The van der Waals surface area contributed by atoms with E-state index < -0.39 is 0 Å². The maximum absolute atomic E-state index is 13.5. The maximum atomic E-state index is 13.5. The Hall–Kier alpha value is -1.79. The Morgan fingerprint density at radius 3 is 2.71 bits per heavy atom. The molecule has 0 aromatic heterocycles. The SMILES string of the molecule is C=C=C(C)CCc1ccc(F)c(NC(=C)C)c1. The van der Waals surface area contributed by atoms with Crippen LogP contribution in [0.5, 0.6) is 0 Å². The quantitative estimate of drug-likeness (QED) is 0.739. The van der Waals surface area contributed by atoms with Gasteiger partial charge in [-0.05, 0) is 50.0 Å². The van der Waals surface area contributed by atoms with Crippen molar-refractivity contribution in [1.29, 1.82) is 0 Å². The largest absolute Gasteiger partial charge is 0.357 e. The number of hydrogen-bond donors (Lipinski definition) is 1. The van der Waals surface area contributed by atoms with Crippen LogP contribution in [0.3, 0.4) is 0 Å². The predicted molar refractivity (Wildman–Crippen MR) is 71.5 cm³/mol. The van der Waals surface area contributed by atoms with E-state index in [1.165, 1.54) is 6.07 Å². The van der Waals surface area contributed by atoms with Crippen molar-refractivity contribution in [2.75, 3.05) is 5.32 Å². The van der Waals surface area contributed by atoms with Crippen molar-refractivity contribution in [3.05, 3.63) is 59.7 Å². The van der Waals surface area contributed by atoms with E-state index >= 15 is 0 Å². The summed E-state index contributed by atoms with van der Waals surface area (Å²) in [6.45, 7) is 11.1. The van der Waals surface area contributed by atoms with Crippen molar-refractivity contribution in [1.82, 2.24) is 0 Å². The number of allylic oxidation sites excluding steroid dienone is 2. The molecule has 0 aliphatic rings. The van der Waals surface area contributed by atoms with Crippen molar-refractivity contribution in [2.24, 2.45) is 0 Å². The molecule has 1 nitrogen and oxygen atoms in total. The molecule has 1 aromatic carbocycles. The smallest absolute Gasteiger partial charge is 0.146 e. The van der Waals surface area contributed by atoms with Crippen molar-refractivity contribution in [3.63, 3.8) is 0 Å². The zero-order chi connectivity index (χ0) is 12.8. The van der Waals surface area contributed by atoms with Crippen LogP contribution < -0.4 is 5.32 Å². The molecule has 1 N–H and O–H groups in total. The first kappa shape index (κ1) is 13.3. The molecular weight excluding hydrogens is 213 g/mol. The monoisotopic (exact) mass is 231 g/mol. The molecule has 0 aliphatic carbocycles. The van der Waals surface area contributed by atoms with Crippen LogP contribution >= 0.6 is 0 Å². The number of anilines is 1. The van der Waals surface area contributed by atoms with Gasteiger partial charge in [-0.1, -0.05) is 19.2 Å². The highest BCUT2D eigenvalue weighted by Crippen LogP contribution is 2.19. The summed E-state index contributed by atoms with van der Waals surface area (Å²) >= 11 is 0. The van der Waals surface area contributed by atoms with Crippen LogP contribution in [0.4, 0.5) is 10.1 Å². The van der Waals surface area contributed by atoms with Crippen molar-refractivity contribution >= 4 is 5.69 Å². The zero-order valence-electron chi connectivity index (χ0n) is 10.4. The van der Waals surface area contributed by atoms with Crippen molar-refractivity contribution < 1.29 is 4.39 Å². The molecule has 0 radical (unpaired) electrons. The molecule has 0 atom stereocenters. The highest BCUT2D eigenvalue weighted by molar-refractivity contribution is 5.50. The van der Waals surface area contributed by atoms with Crippen molar-refractivity contribution in [3.8, 4) is 0 Å². The fourth-order valence-electron chi connectivity index (χ4n) is 1.47. The molecule has 1 rings (SSSR count). The highest BCUT2D eigenvalue weighted by Gasteiger charge is 2.03. The Labute approximate surface area is 102 Å². The lowest BCUT2D eigenvalue weighted by molar-refractivity contribution is 0.630. The summed E-state index contributed by atoms with van der Waals surface area (Å²) in [7, 11) is 0. The Balaban J connectivity index is 2.81. The number of aryl methyl sites for hydroxylation is 1. The average Bonchev–Trinajstić information content (AvgIpc) is 2.29. The van der Waals surface area contributed by atoms with E-state index in [0.29, 0.717) is 5.69 Å². The molecule has 0 heterocycles. The molecule has 1 aromatic rings. The summed E-state index contributed by atoms with van der Waals surface area (Å²) in [5, 5.41) is 2.91. The molecule has 0 bridgehead atoms. The molecule has 0 saturated heterocycles. The molecule has 0 saturated carbocycles. The summed E-state index contributed by atoms with van der Waals surface area (Å²) in [5.74, 6) is -0.257. The van der Waals surface area contributed by atoms with Gasteiger partial charge in [-0.2, -0.15) is 0 Å². The fraction of sp³-hybridized carbons (Fsp3) is 0.267. The van der Waals surface area contributed by atoms with Crippen LogP contribution in [0.25, 0.3) is 0 Å². The van der Waals surface area contributed by atoms with Crippen LogP contribution in [0.15, 0.2) is 48.4 Å². The van der Waals surface area contributed by atoms with Gasteiger partial charge in [0.2, 0.25) is 0 Å². The lowest BCUT2D eigenvalue weighted by Gasteiger charge is -2.09. The van der Waals surface area contributed by atoms with E-state index in [2.05, 4.69) is 24.2 Å². The number of benzene rings is 1. The predicted octanol–water partition coefficient (Wildman–Crippen LogP) is 4.44. The van der Waals surface area contributed by atoms with Crippen LogP contribution in [0.1, 0.15) is 25.8 Å². The van der Waals surface area contributed by atoms with Crippen molar-refractivity contribution in [2.45, 2.75) is 26.7 Å². The second kappa shape index (κ2) is 6.07. The van der Waals surface area contributed by atoms with Gasteiger partial charge in [0.05, 0.1) is 5.69 Å². The van der Waals surface area contributed by atoms with Crippen LogP contribution in [0, 0.1) is 5.82 Å². The molecule has 90 valence electrons. The Morgan fingerprint density at radius 2 is 2.12 bits per heavy atom. The zero-order valence-corrected chi connectivity index (χ0v) is 10.4. The molecule has 0 unspecified atom stereocenters. The molecular formula is C15H18FN. The first-order valence-electron chi connectivity index (χ1n) is 5.59. The van der Waals surface area contributed by atoms with Gasteiger partial charge in [-0.25, -0.2) is 4.39 Å². The van der Waals surface area contributed by atoms with Crippen LogP contribution in [-0.2, 0) is 6.42 Å². The third kappa shape index (κ3) is 4.29. The molecule has 0 spiro atoms. The van der Waals surface area contributed by atoms with E-state index in [4.69, 9.17) is 0 Å². The Bertz CT molecular complexity index is 468. The number of rotatable bonds is 5. The fourth-order valence-corrected chi connectivity index (χ4v) is 1.47. The third-order valence-corrected chi connectivity index (χ3v) is 2.47. The second-order valence-electron chi connectivity index (χ2n) is 4.18. The summed E-state index contributed by atoms with van der Waals surface area (Å²) in [5.41, 5.74) is 6.27. The van der Waals surface area contributed by atoms with Crippen LogP contribution in [0.2, 0.25) is 0 Å². The van der Waals surface area contributed by atoms with E-state index in [0.717, 1.165) is 29.7 Å². The lowest BCUT2D eigenvalue weighted by atomic mass is 10.1. The van der Waals surface area contributed by atoms with Gasteiger partial charge >= 0.3 is 0 Å². The third-order valence-electron chi connectivity index (χ3n) is 2.47. The number of nitrogens with one attached hydrogen (secondary N) is 1. The van der Waals surface area contributed by atoms with Gasteiger partial charge in [0.15, 0.2) is 0 Å². The minimum absolute atomic E-state index is 0.257. The van der Waals surface area contributed by atoms with Gasteiger partial charge in [0.1, 0.15) is 5.82 Å². The normalized spacial score (nSPS) is 9.59. The van der Waals surface area contributed by atoms with Gasteiger partial charge in [0, 0.05) is 5.70 Å². The van der Waals surface area contributed by atoms with Crippen LogP contribution in [-0.4, -0.2) is 0 Å². The first-order chi connectivity index (χ1) is 8.02. The standard InChI is InChI=1S/C15H18FN/c1-5-12(4)6-7-13-8-9-14(16)15(10-13)17-11(2)3/h8-10,17H,1-2,6-7H2,3-4H3. The molecule has 17 heavy (non-hydrogen) atoms. The molecule has 0 fully saturated rings. The van der Waals surface area contributed by atoms with E-state index in [9.17, 15) is 4.39 Å². The summed E-state index contributed by atoms with van der Waals surface area (Å²) in [6, 6.07) is 5.10. The maximum Gasteiger partial charge on any atom is 0.146 e. The topological polar surface area (TPSA) is 12.0 Å². The lowest BCUT2D eigenvalue weighted by Crippen LogP contribution is -1.98. The van der Waals surface area contributed by atoms with E-state index in [-0.39, 0.29) is 5.82 Å². The molecule has 0 aliphatic heterocycles. The van der Waals surface area contributed by atoms with Gasteiger partial charge in [0.25, 0.3) is 0 Å².